The lowest BCUT2D eigenvalue weighted by Crippen LogP contribution is -1.24. The topological polar surface area (TPSA) is 0 Å². The molecule has 0 amide bonds. The third-order valence-electron chi connectivity index (χ3n) is 0. The van der Waals surface area contributed by atoms with Gasteiger partial charge in [0.1, 0.15) is 0 Å². The van der Waals surface area contributed by atoms with E-state index in [-0.39, 0.29) is 5.34 Å². The van der Waals surface area contributed by atoms with Crippen molar-refractivity contribution in [2.24, 2.45) is 0 Å². The second-order valence-corrected chi connectivity index (χ2v) is 4.39. The molecule has 0 spiro atoms. The first-order chi connectivity index (χ1) is 2.83. The maximum absolute atomic E-state index is 4.76. The fourth-order valence-corrected chi connectivity index (χ4v) is 0. The minimum Gasteiger partial charge on any atom is -0.109 e. The van der Waals surface area contributed by atoms with E-state index in [9.17, 15) is 0 Å². The fraction of sp³-hybridized carbons (Fsp3) is 1.00. The SMILES string of the molecule is ClCCl.P=PP. The lowest BCUT2D eigenvalue weighted by molar-refractivity contribution is 2.20. The molecule has 0 nitrogen and oxygen atoms in total. The number of hydrogen-bond donors (Lipinski definition) is 0. The molecule has 1 atom stereocenters. The zero-order chi connectivity index (χ0) is 5.41. The Bertz CT molecular complexity index is 22.8. The molecule has 0 aliphatic heterocycles. The predicted octanol–water partition coefficient (Wildman–Crippen LogP) is 3.20. The van der Waals surface area contributed by atoms with Gasteiger partial charge in [0.05, 0.1) is 5.34 Å². The summed E-state index contributed by atoms with van der Waals surface area (Å²) in [7, 11) is 6.72. The molecule has 0 rings (SSSR count). The highest BCUT2D eigenvalue weighted by Crippen LogP contribution is 2.09. The fourth-order valence-electron chi connectivity index (χ4n) is 0. The van der Waals surface area contributed by atoms with E-state index in [4.69, 9.17) is 23.2 Å². The summed E-state index contributed by atoms with van der Waals surface area (Å²) >= 11 is 9.53. The van der Waals surface area contributed by atoms with Crippen molar-refractivity contribution in [3.63, 3.8) is 0 Å². The first-order valence-electron chi connectivity index (χ1n) is 1.02. The van der Waals surface area contributed by atoms with Crippen LogP contribution in [0.5, 0.6) is 0 Å². The van der Waals surface area contributed by atoms with Crippen LogP contribution in [0.25, 0.3) is 0 Å². The summed E-state index contributed by atoms with van der Waals surface area (Å²) in [6.45, 7) is 0. The van der Waals surface area contributed by atoms with E-state index in [1.807, 2.05) is 0 Å². The summed E-state index contributed by atoms with van der Waals surface area (Å²) in [5, 5.41) is 0.194. The number of hydrogen-bond acceptors (Lipinski definition) is 0. The van der Waals surface area contributed by atoms with E-state index < -0.39 is 0 Å². The van der Waals surface area contributed by atoms with Crippen molar-refractivity contribution in [3.8, 4) is 0 Å². The monoisotopic (exact) mass is 180 g/mol. The molecule has 0 fully saturated rings. The first kappa shape index (κ1) is 10.6. The molecular weight excluding hydrogens is 176 g/mol. The van der Waals surface area contributed by atoms with Crippen LogP contribution in [-0.2, 0) is 0 Å². The van der Waals surface area contributed by atoms with Crippen LogP contribution in [-0.4, -0.2) is 5.34 Å². The van der Waals surface area contributed by atoms with Gasteiger partial charge in [-0.05, 0) is 0 Å². The molecule has 0 saturated heterocycles. The summed E-state index contributed by atoms with van der Waals surface area (Å²) in [5.41, 5.74) is 0. The van der Waals surface area contributed by atoms with E-state index >= 15 is 0 Å². The Morgan fingerprint density at radius 1 is 1.67 bits per heavy atom. The molecule has 5 heteroatoms. The maximum atomic E-state index is 4.76. The molecule has 0 aromatic rings. The Morgan fingerprint density at radius 3 is 1.67 bits per heavy atom. The highest BCUT2D eigenvalue weighted by atomic mass is 35.5. The van der Waals surface area contributed by atoms with Gasteiger partial charge in [0.2, 0.25) is 0 Å². The molecular formula is CH5Cl2P3. The standard InChI is InChI=1S/CH2Cl2.H3P3/c2-1-3;1-3-2/h1H2;1H,2H2. The van der Waals surface area contributed by atoms with E-state index in [0.717, 1.165) is 7.56 Å². The van der Waals surface area contributed by atoms with Crippen molar-refractivity contribution in [1.29, 1.82) is 0 Å². The molecule has 0 bridgehead atoms. The highest BCUT2D eigenvalue weighted by Gasteiger charge is 1.41. The van der Waals surface area contributed by atoms with Gasteiger partial charge in [0, 0.05) is 0 Å². The van der Waals surface area contributed by atoms with Gasteiger partial charge in [0.15, 0.2) is 0 Å². The average Bonchev–Trinajstić information content (AvgIpc) is 1.39. The third kappa shape index (κ3) is 46.0. The largest absolute Gasteiger partial charge is 0.109 e. The van der Waals surface area contributed by atoms with E-state index in [2.05, 4.69) is 17.5 Å². The van der Waals surface area contributed by atoms with E-state index in [0.29, 0.717) is 0 Å². The van der Waals surface area contributed by atoms with Crippen LogP contribution in [0.15, 0.2) is 0 Å². The van der Waals surface area contributed by atoms with Gasteiger partial charge in [-0.2, -0.15) is 0 Å². The number of alkyl halides is 2. The zero-order valence-corrected chi connectivity index (χ0v) is 7.55. The zero-order valence-electron chi connectivity index (χ0n) is 2.99. The van der Waals surface area contributed by atoms with Crippen LogP contribution in [0.3, 0.4) is 0 Å². The summed E-state index contributed by atoms with van der Waals surface area (Å²) < 4.78 is 0. The number of halogens is 2. The smallest absolute Gasteiger partial charge is 0.0967 e. The van der Waals surface area contributed by atoms with Crippen molar-refractivity contribution >= 4 is 48.2 Å². The predicted molar refractivity (Wildman–Crippen MR) is 41.5 cm³/mol. The van der Waals surface area contributed by atoms with Crippen molar-refractivity contribution in [2.45, 2.75) is 0 Å². The van der Waals surface area contributed by atoms with Crippen LogP contribution in [0.4, 0.5) is 0 Å². The van der Waals surface area contributed by atoms with Crippen LogP contribution in [0.2, 0.25) is 0 Å². The number of rotatable bonds is 0. The Morgan fingerprint density at radius 2 is 1.67 bits per heavy atom. The van der Waals surface area contributed by atoms with Gasteiger partial charge in [-0.15, -0.1) is 23.2 Å². The van der Waals surface area contributed by atoms with Crippen LogP contribution in [0.1, 0.15) is 0 Å². The molecule has 0 saturated carbocycles. The lowest BCUT2D eigenvalue weighted by atomic mass is 11.9. The molecule has 0 aromatic heterocycles. The average molecular weight is 181 g/mol. The van der Waals surface area contributed by atoms with Gasteiger partial charge in [0.25, 0.3) is 0 Å². The molecule has 38 valence electrons. The molecule has 0 heterocycles. The summed E-state index contributed by atoms with van der Waals surface area (Å²) in [6, 6.07) is 0. The quantitative estimate of drug-likeness (QED) is 0.397. The molecule has 0 aliphatic carbocycles. The molecule has 0 aliphatic rings. The summed E-state index contributed by atoms with van der Waals surface area (Å²) in [6.07, 6.45) is 0. The summed E-state index contributed by atoms with van der Waals surface area (Å²) in [4.78, 5) is 0. The van der Waals surface area contributed by atoms with Crippen LogP contribution in [0, 0.1) is 0 Å². The van der Waals surface area contributed by atoms with E-state index in [1.165, 1.54) is 0 Å². The second-order valence-electron chi connectivity index (χ2n) is 0.230. The molecule has 0 N–H and O–H groups in total. The van der Waals surface area contributed by atoms with Crippen molar-refractivity contribution in [1.82, 2.24) is 0 Å². The van der Waals surface area contributed by atoms with Crippen molar-refractivity contribution in [3.05, 3.63) is 0 Å². The summed E-state index contributed by atoms with van der Waals surface area (Å²) in [5.74, 6) is 0. The third-order valence-corrected chi connectivity index (χ3v) is 0. The van der Waals surface area contributed by atoms with Gasteiger partial charge in [-0.3, -0.25) is 0 Å². The van der Waals surface area contributed by atoms with Gasteiger partial charge < -0.3 is 0 Å². The molecule has 1 unspecified atom stereocenters. The van der Waals surface area contributed by atoms with Crippen molar-refractivity contribution < 1.29 is 0 Å². The van der Waals surface area contributed by atoms with Crippen molar-refractivity contribution in [2.75, 3.05) is 5.34 Å². The Labute approximate surface area is 53.9 Å². The highest BCUT2D eigenvalue weighted by molar-refractivity contribution is 8.15. The van der Waals surface area contributed by atoms with Gasteiger partial charge in [-0.25, -0.2) is 0 Å². The maximum Gasteiger partial charge on any atom is 0.0967 e. The molecule has 6 heavy (non-hydrogen) atoms. The van der Waals surface area contributed by atoms with Gasteiger partial charge in [-0.1, -0.05) is 25.0 Å². The Balaban J connectivity index is 0. The Kier molecular flexibility index (Phi) is 28.1. The first-order valence-corrected chi connectivity index (χ1v) is 5.94. The van der Waals surface area contributed by atoms with Crippen LogP contribution < -0.4 is 0 Å². The van der Waals surface area contributed by atoms with E-state index in [1.54, 1.807) is 0 Å². The van der Waals surface area contributed by atoms with Crippen LogP contribution >= 0.6 is 48.2 Å². The minimum atomic E-state index is 0.194. The second kappa shape index (κ2) is 16.0. The minimum absolute atomic E-state index is 0.194. The normalized spacial score (nSPS) is 6.50. The van der Waals surface area contributed by atoms with Gasteiger partial charge >= 0.3 is 0 Å². The molecule has 0 aromatic carbocycles. The lowest BCUT2D eigenvalue weighted by Gasteiger charge is -1.42. The molecule has 0 radical (unpaired) electrons. The Hall–Kier alpha value is 1.61.